The molecule has 1 aromatic carbocycles. The van der Waals surface area contributed by atoms with Gasteiger partial charge in [0, 0.05) is 23.4 Å². The fraction of sp³-hybridized carbons (Fsp3) is 0.375. The Bertz CT molecular complexity index is 579. The van der Waals surface area contributed by atoms with Crippen molar-refractivity contribution in [2.75, 3.05) is 19.0 Å². The Labute approximate surface area is 120 Å². The zero-order valence-corrected chi connectivity index (χ0v) is 12.5. The molecule has 20 heavy (non-hydrogen) atoms. The molecule has 0 amide bonds. The summed E-state index contributed by atoms with van der Waals surface area (Å²) in [4.78, 5) is 9.21. The third-order valence-electron chi connectivity index (χ3n) is 3.28. The molecule has 0 aliphatic carbocycles. The van der Waals surface area contributed by atoms with Gasteiger partial charge in [-0.3, -0.25) is 0 Å². The largest absolute Gasteiger partial charge is 0.497 e. The first-order valence-electron chi connectivity index (χ1n) is 6.89. The van der Waals surface area contributed by atoms with Crippen LogP contribution in [0.1, 0.15) is 24.6 Å². The summed E-state index contributed by atoms with van der Waals surface area (Å²) >= 11 is 0. The van der Waals surface area contributed by atoms with E-state index in [0.717, 1.165) is 47.2 Å². The molecule has 1 heterocycles. The predicted octanol–water partition coefficient (Wildman–Crippen LogP) is 3.59. The molecule has 2 rings (SSSR count). The topological polar surface area (TPSA) is 47.0 Å². The number of aromatic nitrogens is 2. The number of nitrogens with one attached hydrogen (secondary N) is 1. The molecule has 2 aromatic rings. The Hall–Kier alpha value is -2.10. The Kier molecular flexibility index (Phi) is 4.56. The first-order valence-corrected chi connectivity index (χ1v) is 6.89. The molecule has 0 unspecified atom stereocenters. The highest BCUT2D eigenvalue weighted by atomic mass is 16.5. The molecule has 0 bridgehead atoms. The van der Waals surface area contributed by atoms with E-state index in [4.69, 9.17) is 4.74 Å². The number of anilines is 1. The summed E-state index contributed by atoms with van der Waals surface area (Å²) in [5.74, 6) is 2.50. The van der Waals surface area contributed by atoms with Crippen molar-refractivity contribution >= 4 is 5.82 Å². The van der Waals surface area contributed by atoms with Crippen molar-refractivity contribution in [2.45, 2.75) is 27.2 Å². The van der Waals surface area contributed by atoms with Crippen LogP contribution in [0.2, 0.25) is 0 Å². The zero-order valence-electron chi connectivity index (χ0n) is 12.5. The lowest BCUT2D eigenvalue weighted by Gasteiger charge is -2.12. The van der Waals surface area contributed by atoms with Crippen LogP contribution in [0.4, 0.5) is 5.82 Å². The maximum absolute atomic E-state index is 5.17. The lowest BCUT2D eigenvalue weighted by Crippen LogP contribution is -2.07. The summed E-state index contributed by atoms with van der Waals surface area (Å²) in [6, 6.07) is 7.80. The fourth-order valence-corrected chi connectivity index (χ4v) is 1.91. The Morgan fingerprint density at radius 3 is 2.40 bits per heavy atom. The van der Waals surface area contributed by atoms with Crippen LogP contribution in [-0.4, -0.2) is 23.6 Å². The monoisotopic (exact) mass is 271 g/mol. The van der Waals surface area contributed by atoms with E-state index in [-0.39, 0.29) is 0 Å². The first kappa shape index (κ1) is 14.3. The third kappa shape index (κ3) is 3.07. The quantitative estimate of drug-likeness (QED) is 0.902. The molecule has 0 fully saturated rings. The van der Waals surface area contributed by atoms with Crippen LogP contribution in [0.3, 0.4) is 0 Å². The van der Waals surface area contributed by atoms with Crippen molar-refractivity contribution in [3.05, 3.63) is 35.5 Å². The van der Waals surface area contributed by atoms with Gasteiger partial charge in [0.1, 0.15) is 11.6 Å². The molecule has 0 saturated carbocycles. The summed E-state index contributed by atoms with van der Waals surface area (Å²) in [6.07, 6.45) is 1.07. The van der Waals surface area contributed by atoms with Gasteiger partial charge in [-0.15, -0.1) is 0 Å². The van der Waals surface area contributed by atoms with Crippen LogP contribution in [0.5, 0.6) is 5.75 Å². The van der Waals surface area contributed by atoms with Gasteiger partial charge >= 0.3 is 0 Å². The maximum atomic E-state index is 5.17. The standard InChI is InChI=1S/C16H21N3O/c1-5-10-17-15-11(2)12(3)18-16(19-15)13-6-8-14(20-4)9-7-13/h6-9H,5,10H2,1-4H3,(H,17,18,19). The Balaban J connectivity index is 2.37. The highest BCUT2D eigenvalue weighted by Crippen LogP contribution is 2.23. The van der Waals surface area contributed by atoms with Gasteiger partial charge in [0.25, 0.3) is 0 Å². The van der Waals surface area contributed by atoms with Crippen molar-refractivity contribution in [1.29, 1.82) is 0 Å². The predicted molar refractivity (Wildman–Crippen MR) is 82.3 cm³/mol. The summed E-state index contributed by atoms with van der Waals surface area (Å²) in [5.41, 5.74) is 3.11. The molecule has 4 nitrogen and oxygen atoms in total. The third-order valence-corrected chi connectivity index (χ3v) is 3.28. The van der Waals surface area contributed by atoms with Crippen molar-refractivity contribution in [3.8, 4) is 17.1 Å². The zero-order chi connectivity index (χ0) is 14.5. The highest BCUT2D eigenvalue weighted by Gasteiger charge is 2.09. The Morgan fingerprint density at radius 2 is 1.80 bits per heavy atom. The average molecular weight is 271 g/mol. The van der Waals surface area contributed by atoms with E-state index in [9.17, 15) is 0 Å². The molecule has 0 aliphatic rings. The molecule has 0 spiro atoms. The minimum Gasteiger partial charge on any atom is -0.497 e. The average Bonchev–Trinajstić information content (AvgIpc) is 2.48. The van der Waals surface area contributed by atoms with Crippen LogP contribution < -0.4 is 10.1 Å². The van der Waals surface area contributed by atoms with Gasteiger partial charge in [0.2, 0.25) is 0 Å². The number of nitrogens with zero attached hydrogens (tertiary/aromatic N) is 2. The van der Waals surface area contributed by atoms with Crippen molar-refractivity contribution in [2.24, 2.45) is 0 Å². The molecule has 0 radical (unpaired) electrons. The van der Waals surface area contributed by atoms with Crippen molar-refractivity contribution in [1.82, 2.24) is 9.97 Å². The van der Waals surface area contributed by atoms with Gasteiger partial charge in [-0.2, -0.15) is 0 Å². The lowest BCUT2D eigenvalue weighted by atomic mass is 10.1. The molecule has 0 saturated heterocycles. The maximum Gasteiger partial charge on any atom is 0.161 e. The van der Waals surface area contributed by atoms with Gasteiger partial charge < -0.3 is 10.1 Å². The second-order valence-corrected chi connectivity index (χ2v) is 4.76. The van der Waals surface area contributed by atoms with Gasteiger partial charge in [0.05, 0.1) is 7.11 Å². The fourth-order valence-electron chi connectivity index (χ4n) is 1.91. The minimum atomic E-state index is 0.745. The lowest BCUT2D eigenvalue weighted by molar-refractivity contribution is 0.415. The Morgan fingerprint density at radius 1 is 1.10 bits per heavy atom. The summed E-state index contributed by atoms with van der Waals surface area (Å²) in [7, 11) is 1.66. The second kappa shape index (κ2) is 6.37. The smallest absolute Gasteiger partial charge is 0.161 e. The van der Waals surface area contributed by atoms with Crippen LogP contribution in [0.25, 0.3) is 11.4 Å². The summed E-state index contributed by atoms with van der Waals surface area (Å²) < 4.78 is 5.17. The molecule has 1 N–H and O–H groups in total. The van der Waals surface area contributed by atoms with E-state index in [1.54, 1.807) is 7.11 Å². The number of aryl methyl sites for hydroxylation is 1. The molecule has 0 atom stereocenters. The summed E-state index contributed by atoms with van der Waals surface area (Å²) in [5, 5.41) is 3.36. The number of benzene rings is 1. The van der Waals surface area contributed by atoms with Crippen molar-refractivity contribution in [3.63, 3.8) is 0 Å². The van der Waals surface area contributed by atoms with E-state index < -0.39 is 0 Å². The molecule has 1 aromatic heterocycles. The number of ether oxygens (including phenoxy) is 1. The molecule has 106 valence electrons. The normalized spacial score (nSPS) is 10.4. The first-order chi connectivity index (χ1) is 9.65. The van der Waals surface area contributed by atoms with Crippen LogP contribution in [0.15, 0.2) is 24.3 Å². The van der Waals surface area contributed by atoms with E-state index in [1.807, 2.05) is 38.1 Å². The second-order valence-electron chi connectivity index (χ2n) is 4.76. The number of methoxy groups -OCH3 is 1. The van der Waals surface area contributed by atoms with Gasteiger partial charge in [0.15, 0.2) is 5.82 Å². The van der Waals surface area contributed by atoms with Crippen LogP contribution >= 0.6 is 0 Å². The van der Waals surface area contributed by atoms with Gasteiger partial charge in [-0.1, -0.05) is 6.92 Å². The van der Waals surface area contributed by atoms with E-state index in [1.165, 1.54) is 0 Å². The SMILES string of the molecule is CCCNc1nc(-c2ccc(OC)cc2)nc(C)c1C. The summed E-state index contributed by atoms with van der Waals surface area (Å²) in [6.45, 7) is 7.12. The molecule has 0 aliphatic heterocycles. The molecular formula is C16H21N3O. The number of rotatable bonds is 5. The van der Waals surface area contributed by atoms with Crippen LogP contribution in [0, 0.1) is 13.8 Å². The van der Waals surface area contributed by atoms with E-state index in [0.29, 0.717) is 0 Å². The van der Waals surface area contributed by atoms with E-state index >= 15 is 0 Å². The van der Waals surface area contributed by atoms with Gasteiger partial charge in [-0.05, 0) is 44.5 Å². The van der Waals surface area contributed by atoms with Crippen molar-refractivity contribution < 1.29 is 4.74 Å². The molecular weight excluding hydrogens is 250 g/mol. The van der Waals surface area contributed by atoms with E-state index in [2.05, 4.69) is 22.2 Å². The number of hydrogen-bond donors (Lipinski definition) is 1. The highest BCUT2D eigenvalue weighted by molar-refractivity contribution is 5.60. The molecule has 4 heteroatoms. The minimum absolute atomic E-state index is 0.745. The van der Waals surface area contributed by atoms with Gasteiger partial charge in [-0.25, -0.2) is 9.97 Å². The van der Waals surface area contributed by atoms with Crippen LogP contribution in [-0.2, 0) is 0 Å². The number of hydrogen-bond acceptors (Lipinski definition) is 4.